The average Bonchev–Trinajstić information content (AvgIpc) is 2.53. The lowest BCUT2D eigenvalue weighted by Crippen LogP contribution is -2.12. The fourth-order valence-corrected chi connectivity index (χ4v) is 2.74. The van der Waals surface area contributed by atoms with Crippen molar-refractivity contribution in [1.82, 2.24) is 4.98 Å². The largest absolute Gasteiger partial charge is 0.416 e. The van der Waals surface area contributed by atoms with Gasteiger partial charge in [0.25, 0.3) is 0 Å². The van der Waals surface area contributed by atoms with Crippen LogP contribution in [0.25, 0.3) is 0 Å². The fourth-order valence-electron chi connectivity index (χ4n) is 2.05. The average molecular weight is 342 g/mol. The van der Waals surface area contributed by atoms with Crippen molar-refractivity contribution >= 4 is 17.6 Å². The molecule has 2 rings (SSSR count). The summed E-state index contributed by atoms with van der Waals surface area (Å²) in [5, 5.41) is 11.7. The molecule has 0 saturated carbocycles. The van der Waals surface area contributed by atoms with Crippen LogP contribution in [0.5, 0.6) is 0 Å². The normalized spacial score (nSPS) is 11.5. The molecule has 1 heterocycles. The van der Waals surface area contributed by atoms with Crippen molar-refractivity contribution in [3.8, 4) is 0 Å². The summed E-state index contributed by atoms with van der Waals surface area (Å²) in [6.45, 7) is 0.172. The smallest absolute Gasteiger partial charge is 0.396 e. The summed E-state index contributed by atoms with van der Waals surface area (Å²) >= 11 is 1.58. The molecule has 0 atom stereocenters. The van der Waals surface area contributed by atoms with Crippen molar-refractivity contribution in [2.24, 2.45) is 0 Å². The first-order chi connectivity index (χ1) is 11.0. The van der Waals surface area contributed by atoms with Crippen molar-refractivity contribution in [3.63, 3.8) is 0 Å². The van der Waals surface area contributed by atoms with Gasteiger partial charge in [-0.05, 0) is 29.3 Å². The quantitative estimate of drug-likeness (QED) is 0.748. The number of hydrogen-bond acceptors (Lipinski definition) is 4. The molecule has 2 aromatic rings. The highest BCUT2D eigenvalue weighted by atomic mass is 32.2. The molecule has 7 heteroatoms. The van der Waals surface area contributed by atoms with Gasteiger partial charge in [-0.2, -0.15) is 24.9 Å². The summed E-state index contributed by atoms with van der Waals surface area (Å²) in [6, 6.07) is 9.15. The summed E-state index contributed by atoms with van der Waals surface area (Å²) in [5.41, 5.74) is 0.550. The Bertz CT molecular complexity index is 635. The number of nitrogens with one attached hydrogen (secondary N) is 1. The van der Waals surface area contributed by atoms with Crippen LogP contribution in [0, 0.1) is 0 Å². The molecule has 2 N–H and O–H groups in total. The highest BCUT2D eigenvalue weighted by Crippen LogP contribution is 2.32. The van der Waals surface area contributed by atoms with Crippen LogP contribution in [0.4, 0.5) is 19.0 Å². The van der Waals surface area contributed by atoms with E-state index in [9.17, 15) is 13.2 Å². The zero-order chi connectivity index (χ0) is 16.7. The number of benzene rings is 1. The van der Waals surface area contributed by atoms with E-state index in [-0.39, 0.29) is 18.7 Å². The molecule has 23 heavy (non-hydrogen) atoms. The van der Waals surface area contributed by atoms with Gasteiger partial charge < -0.3 is 10.4 Å². The molecule has 124 valence electrons. The number of aliphatic hydroxyl groups excluding tert-OH is 1. The van der Waals surface area contributed by atoms with E-state index in [2.05, 4.69) is 10.3 Å². The minimum atomic E-state index is -4.37. The zero-order valence-electron chi connectivity index (χ0n) is 12.3. The van der Waals surface area contributed by atoms with Gasteiger partial charge in [0.1, 0.15) is 5.82 Å². The number of alkyl halides is 3. The Hall–Kier alpha value is -1.73. The van der Waals surface area contributed by atoms with Crippen molar-refractivity contribution < 1.29 is 18.3 Å². The maximum atomic E-state index is 12.9. The van der Waals surface area contributed by atoms with Gasteiger partial charge in [0.15, 0.2) is 0 Å². The summed E-state index contributed by atoms with van der Waals surface area (Å²) < 4.78 is 38.8. The molecule has 0 bridgehead atoms. The van der Waals surface area contributed by atoms with Crippen LogP contribution >= 0.6 is 11.8 Å². The molecule has 3 nitrogen and oxygen atoms in total. The predicted octanol–water partition coefficient (Wildman–Crippen LogP) is 3.94. The lowest BCUT2D eigenvalue weighted by molar-refractivity contribution is -0.138. The summed E-state index contributed by atoms with van der Waals surface area (Å²) in [7, 11) is 0. The molecular weight excluding hydrogens is 325 g/mol. The molecule has 0 unspecified atom stereocenters. The molecular formula is C16H17F3N2OS. The molecule has 0 aliphatic heterocycles. The second-order valence-electron chi connectivity index (χ2n) is 4.83. The number of anilines is 1. The maximum Gasteiger partial charge on any atom is 0.416 e. The minimum Gasteiger partial charge on any atom is -0.396 e. The van der Waals surface area contributed by atoms with Crippen molar-refractivity contribution in [2.45, 2.75) is 18.5 Å². The maximum absolute atomic E-state index is 12.9. The molecule has 0 aliphatic carbocycles. The highest BCUT2D eigenvalue weighted by molar-refractivity contribution is 7.98. The van der Waals surface area contributed by atoms with E-state index < -0.39 is 11.7 Å². The van der Waals surface area contributed by atoms with Gasteiger partial charge in [-0.15, -0.1) is 0 Å². The number of hydrogen-bond donors (Lipinski definition) is 2. The van der Waals surface area contributed by atoms with Gasteiger partial charge in [0.2, 0.25) is 0 Å². The summed E-state index contributed by atoms with van der Waals surface area (Å²) in [6.07, 6.45) is -2.75. The monoisotopic (exact) mass is 342 g/mol. The first-order valence-corrected chi connectivity index (χ1v) is 8.18. The topological polar surface area (TPSA) is 45.2 Å². The number of aliphatic hydroxyl groups is 1. The van der Waals surface area contributed by atoms with Gasteiger partial charge in [-0.25, -0.2) is 4.98 Å². The molecule has 0 saturated heterocycles. The van der Waals surface area contributed by atoms with Crippen molar-refractivity contribution in [2.75, 3.05) is 17.7 Å². The van der Waals surface area contributed by atoms with Crippen LogP contribution in [0.15, 0.2) is 42.6 Å². The van der Waals surface area contributed by atoms with Gasteiger partial charge in [-0.3, -0.25) is 0 Å². The number of halogens is 3. The summed E-state index contributed by atoms with van der Waals surface area (Å²) in [4.78, 5) is 4.12. The Balaban J connectivity index is 2.03. The molecule has 0 radical (unpaired) electrons. The molecule has 0 aliphatic rings. The zero-order valence-corrected chi connectivity index (χ0v) is 13.1. The molecule has 0 spiro atoms. The third-order valence-corrected chi connectivity index (χ3v) is 4.12. The lowest BCUT2D eigenvalue weighted by Gasteiger charge is -2.13. The number of thioether (sulfide) groups is 1. The SMILES string of the molecule is OCCSCc1ccnc(NCc2ccccc2C(F)(F)F)c1. The van der Waals surface area contributed by atoms with Crippen LogP contribution in [-0.4, -0.2) is 22.5 Å². The number of aromatic nitrogens is 1. The summed E-state index contributed by atoms with van der Waals surface area (Å²) in [5.74, 6) is 1.89. The van der Waals surface area contributed by atoms with E-state index in [0.717, 1.165) is 17.4 Å². The Labute approximate surface area is 136 Å². The van der Waals surface area contributed by atoms with Crippen LogP contribution in [0.2, 0.25) is 0 Å². The highest BCUT2D eigenvalue weighted by Gasteiger charge is 2.32. The predicted molar refractivity (Wildman–Crippen MR) is 86.3 cm³/mol. The second-order valence-corrected chi connectivity index (χ2v) is 5.94. The fraction of sp³-hybridized carbons (Fsp3) is 0.312. The first-order valence-electron chi connectivity index (χ1n) is 7.03. The Morgan fingerprint density at radius 3 is 2.70 bits per heavy atom. The van der Waals surface area contributed by atoms with E-state index in [0.29, 0.717) is 11.6 Å². The minimum absolute atomic E-state index is 0.0515. The Morgan fingerprint density at radius 2 is 1.96 bits per heavy atom. The van der Waals surface area contributed by atoms with E-state index in [1.54, 1.807) is 30.1 Å². The van der Waals surface area contributed by atoms with Crippen LogP contribution in [0.3, 0.4) is 0 Å². The number of rotatable bonds is 7. The van der Waals surface area contributed by atoms with E-state index >= 15 is 0 Å². The van der Waals surface area contributed by atoms with Gasteiger partial charge in [0, 0.05) is 24.2 Å². The lowest BCUT2D eigenvalue weighted by atomic mass is 10.1. The van der Waals surface area contributed by atoms with Crippen LogP contribution < -0.4 is 5.32 Å². The Kier molecular flexibility index (Phi) is 6.29. The van der Waals surface area contributed by atoms with E-state index in [4.69, 9.17) is 5.11 Å². The van der Waals surface area contributed by atoms with Gasteiger partial charge >= 0.3 is 6.18 Å². The van der Waals surface area contributed by atoms with Crippen molar-refractivity contribution in [3.05, 3.63) is 59.3 Å². The third-order valence-electron chi connectivity index (χ3n) is 3.11. The number of nitrogens with zero attached hydrogens (tertiary/aromatic N) is 1. The second kappa shape index (κ2) is 8.21. The molecule has 1 aromatic heterocycles. The van der Waals surface area contributed by atoms with E-state index in [1.807, 2.05) is 6.07 Å². The Morgan fingerprint density at radius 1 is 1.17 bits per heavy atom. The first kappa shape index (κ1) is 17.6. The van der Waals surface area contributed by atoms with Crippen LogP contribution in [0.1, 0.15) is 16.7 Å². The van der Waals surface area contributed by atoms with Crippen molar-refractivity contribution in [1.29, 1.82) is 0 Å². The number of pyridine rings is 1. The van der Waals surface area contributed by atoms with E-state index in [1.165, 1.54) is 12.1 Å². The van der Waals surface area contributed by atoms with Crippen LogP contribution in [-0.2, 0) is 18.5 Å². The van der Waals surface area contributed by atoms with Gasteiger partial charge in [0.05, 0.1) is 12.2 Å². The molecule has 0 amide bonds. The standard InChI is InChI=1S/C16H17F3N2OS/c17-16(18,19)14-4-2-1-3-13(14)10-21-15-9-12(5-6-20-15)11-23-8-7-22/h1-6,9,22H,7-8,10-11H2,(H,20,21). The molecule has 1 aromatic carbocycles. The molecule has 0 fully saturated rings. The third kappa shape index (κ3) is 5.44. The van der Waals surface area contributed by atoms with Gasteiger partial charge in [-0.1, -0.05) is 18.2 Å².